The van der Waals surface area contributed by atoms with Crippen LogP contribution < -0.4 is 10.6 Å². The average Bonchev–Trinajstić information content (AvgIpc) is 2.46. The molecule has 0 aromatic carbocycles. The van der Waals surface area contributed by atoms with Crippen molar-refractivity contribution in [3.63, 3.8) is 0 Å². The molecule has 0 unspecified atom stereocenters. The zero-order chi connectivity index (χ0) is 14.4. The van der Waals surface area contributed by atoms with E-state index in [9.17, 15) is 0 Å². The predicted molar refractivity (Wildman–Crippen MR) is 81.9 cm³/mol. The topological polar surface area (TPSA) is 62.7 Å². The van der Waals surface area contributed by atoms with Crippen LogP contribution in [0.4, 0.5) is 11.6 Å². The zero-order valence-corrected chi connectivity index (χ0v) is 12.3. The first-order chi connectivity index (χ1) is 9.72. The second kappa shape index (κ2) is 6.84. The third-order valence-corrected chi connectivity index (χ3v) is 3.22. The van der Waals surface area contributed by atoms with Crippen molar-refractivity contribution in [2.75, 3.05) is 17.2 Å². The summed E-state index contributed by atoms with van der Waals surface area (Å²) in [7, 11) is 0. The number of anilines is 2. The fourth-order valence-corrected chi connectivity index (χ4v) is 1.91. The first-order valence-electron chi connectivity index (χ1n) is 6.91. The smallest absolute Gasteiger partial charge is 0.134 e. The maximum Gasteiger partial charge on any atom is 0.134 e. The maximum atomic E-state index is 4.31. The fourth-order valence-electron chi connectivity index (χ4n) is 1.91. The van der Waals surface area contributed by atoms with E-state index < -0.39 is 0 Å². The summed E-state index contributed by atoms with van der Waals surface area (Å²) in [4.78, 5) is 12.7. The van der Waals surface area contributed by atoms with Gasteiger partial charge in [-0.25, -0.2) is 9.97 Å². The van der Waals surface area contributed by atoms with Gasteiger partial charge in [-0.2, -0.15) is 0 Å². The summed E-state index contributed by atoms with van der Waals surface area (Å²) in [5.74, 6) is 1.76. The van der Waals surface area contributed by atoms with E-state index in [4.69, 9.17) is 0 Å². The second-order valence-electron chi connectivity index (χ2n) is 4.78. The summed E-state index contributed by atoms with van der Waals surface area (Å²) in [6.07, 6.45) is 6.35. The Morgan fingerprint density at radius 2 is 1.85 bits per heavy atom. The Labute approximate surface area is 119 Å². The molecule has 0 saturated carbocycles. The number of aromatic nitrogens is 3. The van der Waals surface area contributed by atoms with Crippen LogP contribution in [0, 0.1) is 13.8 Å². The van der Waals surface area contributed by atoms with Crippen molar-refractivity contribution in [1.82, 2.24) is 15.0 Å². The van der Waals surface area contributed by atoms with Crippen LogP contribution in [-0.4, -0.2) is 21.5 Å². The zero-order valence-electron chi connectivity index (χ0n) is 12.3. The van der Waals surface area contributed by atoms with Crippen molar-refractivity contribution in [2.24, 2.45) is 0 Å². The number of rotatable bonds is 6. The van der Waals surface area contributed by atoms with E-state index in [1.54, 1.807) is 6.33 Å². The minimum absolute atomic E-state index is 0.713. The molecule has 0 aliphatic rings. The Hall–Kier alpha value is -2.17. The highest BCUT2D eigenvalue weighted by Gasteiger charge is 2.06. The van der Waals surface area contributed by atoms with E-state index in [0.717, 1.165) is 30.2 Å². The van der Waals surface area contributed by atoms with Gasteiger partial charge >= 0.3 is 0 Å². The number of nitrogens with one attached hydrogen (secondary N) is 2. The fraction of sp³-hybridized carbons (Fsp3) is 0.400. The SMILES string of the molecule is CCCNc1ncnc(NCc2cnccc2C)c1C. The highest BCUT2D eigenvalue weighted by atomic mass is 15.1. The molecule has 0 atom stereocenters. The number of hydrogen-bond acceptors (Lipinski definition) is 5. The van der Waals surface area contributed by atoms with Gasteiger partial charge in [-0.1, -0.05) is 6.92 Å². The van der Waals surface area contributed by atoms with Gasteiger partial charge in [-0.05, 0) is 37.5 Å². The largest absolute Gasteiger partial charge is 0.370 e. The van der Waals surface area contributed by atoms with Crippen molar-refractivity contribution < 1.29 is 0 Å². The molecular weight excluding hydrogens is 250 g/mol. The molecule has 106 valence electrons. The Kier molecular flexibility index (Phi) is 4.87. The molecular formula is C15H21N5. The van der Waals surface area contributed by atoms with Crippen LogP contribution in [0.3, 0.4) is 0 Å². The van der Waals surface area contributed by atoms with Gasteiger partial charge in [0, 0.05) is 31.0 Å². The Balaban J connectivity index is 2.08. The van der Waals surface area contributed by atoms with Gasteiger partial charge in [0.25, 0.3) is 0 Å². The van der Waals surface area contributed by atoms with Crippen LogP contribution in [-0.2, 0) is 6.54 Å². The minimum Gasteiger partial charge on any atom is -0.370 e. The highest BCUT2D eigenvalue weighted by molar-refractivity contribution is 5.56. The molecule has 2 rings (SSSR count). The summed E-state index contributed by atoms with van der Waals surface area (Å²) in [5.41, 5.74) is 3.44. The van der Waals surface area contributed by atoms with Crippen molar-refractivity contribution in [3.8, 4) is 0 Å². The Morgan fingerprint density at radius 1 is 1.10 bits per heavy atom. The summed E-state index contributed by atoms with van der Waals surface area (Å²) in [5, 5.41) is 6.66. The molecule has 2 aromatic rings. The number of hydrogen-bond donors (Lipinski definition) is 2. The lowest BCUT2D eigenvalue weighted by atomic mass is 10.1. The molecule has 0 bridgehead atoms. The average molecular weight is 271 g/mol. The lowest BCUT2D eigenvalue weighted by Crippen LogP contribution is -2.09. The van der Waals surface area contributed by atoms with Crippen LogP contribution >= 0.6 is 0 Å². The summed E-state index contributed by atoms with van der Waals surface area (Å²) in [6, 6.07) is 2.01. The molecule has 2 heterocycles. The monoisotopic (exact) mass is 271 g/mol. The lowest BCUT2D eigenvalue weighted by molar-refractivity contribution is 0.956. The maximum absolute atomic E-state index is 4.31. The van der Waals surface area contributed by atoms with Crippen molar-refractivity contribution >= 4 is 11.6 Å². The van der Waals surface area contributed by atoms with E-state index in [0.29, 0.717) is 6.54 Å². The normalized spacial score (nSPS) is 10.3. The van der Waals surface area contributed by atoms with Crippen LogP contribution in [0.15, 0.2) is 24.8 Å². The molecule has 0 fully saturated rings. The standard InChI is InChI=1S/C15H21N5/c1-4-6-17-14-12(3)15(20-10-19-14)18-9-13-8-16-7-5-11(13)2/h5,7-8,10H,4,6,9H2,1-3H3,(H2,17,18,19,20). The molecule has 2 N–H and O–H groups in total. The molecule has 0 aliphatic heterocycles. The predicted octanol–water partition coefficient (Wildman–Crippen LogP) is 2.92. The first kappa shape index (κ1) is 14.2. The van der Waals surface area contributed by atoms with Crippen molar-refractivity contribution in [1.29, 1.82) is 0 Å². The van der Waals surface area contributed by atoms with Gasteiger partial charge in [0.05, 0.1) is 0 Å². The molecule has 5 nitrogen and oxygen atoms in total. The van der Waals surface area contributed by atoms with Gasteiger partial charge in [0.2, 0.25) is 0 Å². The molecule has 20 heavy (non-hydrogen) atoms. The lowest BCUT2D eigenvalue weighted by Gasteiger charge is -2.13. The van der Waals surface area contributed by atoms with Gasteiger partial charge in [-0.15, -0.1) is 0 Å². The van der Waals surface area contributed by atoms with E-state index >= 15 is 0 Å². The van der Waals surface area contributed by atoms with E-state index in [1.807, 2.05) is 25.4 Å². The Bertz CT molecular complexity index is 568. The summed E-state index contributed by atoms with van der Waals surface area (Å²) in [6.45, 7) is 7.87. The molecule has 0 radical (unpaired) electrons. The van der Waals surface area contributed by atoms with E-state index in [1.165, 1.54) is 11.1 Å². The second-order valence-corrected chi connectivity index (χ2v) is 4.78. The molecule has 0 amide bonds. The molecule has 0 aliphatic carbocycles. The third-order valence-electron chi connectivity index (χ3n) is 3.22. The van der Waals surface area contributed by atoms with Crippen LogP contribution in [0.25, 0.3) is 0 Å². The minimum atomic E-state index is 0.713. The first-order valence-corrected chi connectivity index (χ1v) is 6.91. The van der Waals surface area contributed by atoms with Gasteiger partial charge in [0.15, 0.2) is 0 Å². The van der Waals surface area contributed by atoms with Crippen molar-refractivity contribution in [3.05, 3.63) is 41.5 Å². The van der Waals surface area contributed by atoms with Crippen LogP contribution in [0.5, 0.6) is 0 Å². The third kappa shape index (κ3) is 3.44. The van der Waals surface area contributed by atoms with Gasteiger partial charge in [0.1, 0.15) is 18.0 Å². The number of pyridine rings is 1. The highest BCUT2D eigenvalue weighted by Crippen LogP contribution is 2.19. The molecule has 5 heteroatoms. The molecule has 0 saturated heterocycles. The number of aryl methyl sites for hydroxylation is 1. The number of nitrogens with zero attached hydrogens (tertiary/aromatic N) is 3. The van der Waals surface area contributed by atoms with Crippen LogP contribution in [0.1, 0.15) is 30.0 Å². The molecule has 0 spiro atoms. The summed E-state index contributed by atoms with van der Waals surface area (Å²) >= 11 is 0. The van der Waals surface area contributed by atoms with E-state index in [2.05, 4.69) is 39.4 Å². The summed E-state index contributed by atoms with van der Waals surface area (Å²) < 4.78 is 0. The van der Waals surface area contributed by atoms with Crippen molar-refractivity contribution in [2.45, 2.75) is 33.7 Å². The van der Waals surface area contributed by atoms with Crippen LogP contribution in [0.2, 0.25) is 0 Å². The van der Waals surface area contributed by atoms with Gasteiger partial charge < -0.3 is 10.6 Å². The Morgan fingerprint density at radius 3 is 2.55 bits per heavy atom. The van der Waals surface area contributed by atoms with E-state index in [-0.39, 0.29) is 0 Å². The van der Waals surface area contributed by atoms with Gasteiger partial charge in [-0.3, -0.25) is 4.98 Å². The molecule has 2 aromatic heterocycles. The quantitative estimate of drug-likeness (QED) is 0.845.